The third-order valence-electron chi connectivity index (χ3n) is 3.94. The third kappa shape index (κ3) is 3.88. The summed E-state index contributed by atoms with van der Waals surface area (Å²) in [5.74, 6) is -0.916. The molecule has 1 saturated carbocycles. The Bertz CT molecular complexity index is 711. The smallest absolute Gasteiger partial charge is 0.252 e. The summed E-state index contributed by atoms with van der Waals surface area (Å²) in [7, 11) is -0.907. The number of hydrogen-bond donors (Lipinski definition) is 2. The monoisotopic (exact) mass is 362 g/mol. The zero-order valence-corrected chi connectivity index (χ0v) is 14.5. The van der Waals surface area contributed by atoms with Crippen molar-refractivity contribution in [3.8, 4) is 5.75 Å². The van der Waals surface area contributed by atoms with E-state index in [0.717, 1.165) is 6.42 Å². The number of methoxy groups -OCH3 is 2. The highest BCUT2D eigenvalue weighted by atomic mass is 35.5. The van der Waals surface area contributed by atoms with E-state index >= 15 is 0 Å². The Labute approximate surface area is 140 Å². The van der Waals surface area contributed by atoms with Crippen molar-refractivity contribution in [2.75, 3.05) is 24.7 Å². The van der Waals surface area contributed by atoms with Gasteiger partial charge in [-0.3, -0.25) is 9.52 Å². The van der Waals surface area contributed by atoms with Gasteiger partial charge < -0.3 is 15.2 Å². The zero-order valence-electron chi connectivity index (χ0n) is 12.9. The van der Waals surface area contributed by atoms with E-state index in [1.807, 2.05) is 0 Å². The fraction of sp³-hybridized carbons (Fsp3) is 0.500. The van der Waals surface area contributed by atoms with Gasteiger partial charge in [0.05, 0.1) is 29.7 Å². The predicted octanol–water partition coefficient (Wildman–Crippen LogP) is 1.76. The lowest BCUT2D eigenvalue weighted by Crippen LogP contribution is -2.46. The Hall–Kier alpha value is -1.51. The number of sulfonamides is 1. The van der Waals surface area contributed by atoms with Gasteiger partial charge in [0.1, 0.15) is 0 Å². The largest absolute Gasteiger partial charge is 0.494 e. The molecule has 1 aromatic rings. The Morgan fingerprint density at radius 2 is 2.04 bits per heavy atom. The Kier molecular flexibility index (Phi) is 5.07. The maximum Gasteiger partial charge on any atom is 0.252 e. The average molecular weight is 363 g/mol. The number of carbonyl (C=O) groups is 1. The number of rotatable bonds is 7. The van der Waals surface area contributed by atoms with Crippen molar-refractivity contribution >= 4 is 33.2 Å². The lowest BCUT2D eigenvalue weighted by Gasteiger charge is -2.40. The van der Waals surface area contributed by atoms with E-state index in [-0.39, 0.29) is 27.8 Å². The van der Waals surface area contributed by atoms with Crippen LogP contribution in [0.5, 0.6) is 5.75 Å². The van der Waals surface area contributed by atoms with Crippen LogP contribution in [-0.2, 0) is 14.8 Å². The summed E-state index contributed by atoms with van der Waals surface area (Å²) in [6, 6.07) is 2.69. The molecule has 0 spiro atoms. The molecule has 0 bridgehead atoms. The van der Waals surface area contributed by atoms with E-state index in [1.165, 1.54) is 26.4 Å². The van der Waals surface area contributed by atoms with Gasteiger partial charge in [-0.25, -0.2) is 8.42 Å². The number of nitrogens with one attached hydrogen (secondary N) is 1. The predicted molar refractivity (Wildman–Crippen MR) is 87.5 cm³/mol. The Morgan fingerprint density at radius 1 is 1.39 bits per heavy atom. The molecule has 128 valence electrons. The molecule has 9 heteroatoms. The molecule has 0 heterocycles. The van der Waals surface area contributed by atoms with Crippen LogP contribution < -0.4 is 15.2 Å². The van der Waals surface area contributed by atoms with Crippen molar-refractivity contribution in [1.29, 1.82) is 0 Å². The van der Waals surface area contributed by atoms with Gasteiger partial charge in [0.15, 0.2) is 5.75 Å². The molecule has 1 amide bonds. The summed E-state index contributed by atoms with van der Waals surface area (Å²) in [5.41, 5.74) is 4.68. The van der Waals surface area contributed by atoms with Gasteiger partial charge >= 0.3 is 0 Å². The molecular formula is C14H19ClN2O5S. The van der Waals surface area contributed by atoms with Crippen LogP contribution in [0.3, 0.4) is 0 Å². The first-order chi connectivity index (χ1) is 10.7. The molecule has 1 aliphatic rings. The quantitative estimate of drug-likeness (QED) is 0.768. The van der Waals surface area contributed by atoms with Gasteiger partial charge in [0.2, 0.25) is 10.0 Å². The van der Waals surface area contributed by atoms with Crippen molar-refractivity contribution < 1.29 is 22.7 Å². The molecule has 0 radical (unpaired) electrons. The van der Waals surface area contributed by atoms with Crippen LogP contribution in [0.4, 0.5) is 5.69 Å². The van der Waals surface area contributed by atoms with Crippen molar-refractivity contribution in [2.24, 2.45) is 5.73 Å². The lowest BCUT2D eigenvalue weighted by atomic mass is 9.82. The Balaban J connectivity index is 2.33. The number of carbonyl (C=O) groups excluding carboxylic acids is 1. The standard InChI is InChI=1S/C14H19ClN2O5S/c1-21-12-10(13(16)18)6-9(15)7-11(12)17-23(19,20)8-14(22-2)4-3-5-14/h6-7,17H,3-5,8H2,1-2H3,(H2,16,18). The van der Waals surface area contributed by atoms with Gasteiger partial charge in [-0.15, -0.1) is 0 Å². The van der Waals surface area contributed by atoms with Crippen LogP contribution in [0.25, 0.3) is 0 Å². The second kappa shape index (κ2) is 6.54. The van der Waals surface area contributed by atoms with Gasteiger partial charge in [0.25, 0.3) is 5.91 Å². The van der Waals surface area contributed by atoms with E-state index in [0.29, 0.717) is 12.8 Å². The minimum Gasteiger partial charge on any atom is -0.494 e. The summed E-state index contributed by atoms with van der Waals surface area (Å²) in [6.07, 6.45) is 2.29. The molecule has 0 aliphatic heterocycles. The van der Waals surface area contributed by atoms with E-state index in [1.54, 1.807) is 0 Å². The highest BCUT2D eigenvalue weighted by Crippen LogP contribution is 2.38. The van der Waals surface area contributed by atoms with E-state index in [9.17, 15) is 13.2 Å². The number of ether oxygens (including phenoxy) is 2. The van der Waals surface area contributed by atoms with Crippen LogP contribution in [0.1, 0.15) is 29.6 Å². The molecule has 3 N–H and O–H groups in total. The number of amides is 1. The maximum absolute atomic E-state index is 12.4. The summed E-state index contributed by atoms with van der Waals surface area (Å²) in [6.45, 7) is 0. The normalized spacial score (nSPS) is 16.5. The highest BCUT2D eigenvalue weighted by Gasteiger charge is 2.41. The molecule has 0 atom stereocenters. The SMILES string of the molecule is COc1c(NS(=O)(=O)CC2(OC)CCC2)cc(Cl)cc1C(N)=O. The van der Waals surface area contributed by atoms with Crippen LogP contribution in [-0.4, -0.2) is 39.9 Å². The second-order valence-electron chi connectivity index (χ2n) is 5.50. The molecule has 1 aromatic carbocycles. The average Bonchev–Trinajstić information content (AvgIpc) is 2.41. The first kappa shape index (κ1) is 17.8. The summed E-state index contributed by atoms with van der Waals surface area (Å²) < 4.78 is 37.7. The molecule has 1 fully saturated rings. The molecule has 2 rings (SSSR count). The molecule has 0 saturated heterocycles. The van der Waals surface area contributed by atoms with Gasteiger partial charge in [0, 0.05) is 12.1 Å². The highest BCUT2D eigenvalue weighted by molar-refractivity contribution is 7.92. The number of primary amides is 1. The maximum atomic E-state index is 12.4. The summed E-state index contributed by atoms with van der Waals surface area (Å²) in [4.78, 5) is 11.5. The van der Waals surface area contributed by atoms with Gasteiger partial charge in [-0.05, 0) is 31.4 Å². The molecule has 1 aliphatic carbocycles. The first-order valence-corrected chi connectivity index (χ1v) is 8.98. The second-order valence-corrected chi connectivity index (χ2v) is 7.66. The zero-order chi connectivity index (χ0) is 17.3. The fourth-order valence-corrected chi connectivity index (χ4v) is 4.48. The summed E-state index contributed by atoms with van der Waals surface area (Å²) in [5, 5.41) is 0.169. The number of nitrogens with two attached hydrogens (primary N) is 1. The van der Waals surface area contributed by atoms with Crippen molar-refractivity contribution in [3.63, 3.8) is 0 Å². The Morgan fingerprint density at radius 3 is 2.48 bits per heavy atom. The molecular weight excluding hydrogens is 344 g/mol. The van der Waals surface area contributed by atoms with Crippen molar-refractivity contribution in [1.82, 2.24) is 0 Å². The number of benzene rings is 1. The van der Waals surface area contributed by atoms with E-state index in [4.69, 9.17) is 26.8 Å². The van der Waals surface area contributed by atoms with Crippen LogP contribution in [0.2, 0.25) is 5.02 Å². The van der Waals surface area contributed by atoms with Gasteiger partial charge in [-0.1, -0.05) is 11.6 Å². The minimum absolute atomic E-state index is 0.00259. The molecule has 23 heavy (non-hydrogen) atoms. The van der Waals surface area contributed by atoms with E-state index < -0.39 is 21.5 Å². The molecule has 7 nitrogen and oxygen atoms in total. The van der Waals surface area contributed by atoms with Crippen molar-refractivity contribution in [3.05, 3.63) is 22.7 Å². The van der Waals surface area contributed by atoms with Crippen molar-refractivity contribution in [2.45, 2.75) is 24.9 Å². The third-order valence-corrected chi connectivity index (χ3v) is 5.59. The van der Waals surface area contributed by atoms with Crippen LogP contribution >= 0.6 is 11.6 Å². The first-order valence-electron chi connectivity index (χ1n) is 6.95. The summed E-state index contributed by atoms with van der Waals surface area (Å²) >= 11 is 5.93. The topological polar surface area (TPSA) is 108 Å². The van der Waals surface area contributed by atoms with Gasteiger partial charge in [-0.2, -0.15) is 0 Å². The number of halogens is 1. The number of hydrogen-bond acceptors (Lipinski definition) is 5. The van der Waals surface area contributed by atoms with E-state index in [2.05, 4.69) is 4.72 Å². The van der Waals surface area contributed by atoms with Crippen LogP contribution in [0.15, 0.2) is 12.1 Å². The number of anilines is 1. The lowest BCUT2D eigenvalue weighted by molar-refractivity contribution is -0.0524. The minimum atomic E-state index is -3.72. The fourth-order valence-electron chi connectivity index (χ4n) is 2.60. The van der Waals surface area contributed by atoms with Crippen LogP contribution in [0, 0.1) is 0 Å². The molecule has 0 aromatic heterocycles. The molecule has 0 unspecified atom stereocenters.